The number of fused-ring (bicyclic) bond motifs is 5. The summed E-state index contributed by atoms with van der Waals surface area (Å²) in [6.45, 7) is 31.5. The van der Waals surface area contributed by atoms with E-state index in [2.05, 4.69) is 82.8 Å². The molecule has 0 saturated heterocycles. The van der Waals surface area contributed by atoms with Crippen molar-refractivity contribution in [1.82, 2.24) is 16.0 Å². The van der Waals surface area contributed by atoms with Crippen LogP contribution in [0.1, 0.15) is 157 Å². The van der Waals surface area contributed by atoms with Crippen LogP contribution in [-0.4, -0.2) is 56.6 Å². The van der Waals surface area contributed by atoms with Gasteiger partial charge in [0.25, 0.3) is 0 Å². The zero-order chi connectivity index (χ0) is 41.7. The Morgan fingerprint density at radius 1 is 0.930 bits per heavy atom. The summed E-state index contributed by atoms with van der Waals surface area (Å²) < 4.78 is 12.1. The zero-order valence-electron chi connectivity index (χ0n) is 37.2. The Bertz CT molecular complexity index is 1390. The minimum absolute atomic E-state index is 0.101. The fourth-order valence-electron chi connectivity index (χ4n) is 12.5. The van der Waals surface area contributed by atoms with Gasteiger partial charge in [0.1, 0.15) is 6.61 Å². The highest BCUT2D eigenvalue weighted by atomic mass is 16.5. The minimum atomic E-state index is -0.968. The first-order chi connectivity index (χ1) is 27.2. The summed E-state index contributed by atoms with van der Waals surface area (Å²) >= 11 is 0. The third-order valence-electron chi connectivity index (χ3n) is 15.4. The fraction of sp³-hybridized carbons (Fsp3) is 0.796. The highest BCUT2D eigenvalue weighted by Gasteiger charge is 2.69. The van der Waals surface area contributed by atoms with Crippen molar-refractivity contribution in [3.63, 3.8) is 0 Å². The second-order valence-electron chi connectivity index (χ2n) is 19.6. The Morgan fingerprint density at radius 2 is 1.63 bits per heavy atom. The van der Waals surface area contributed by atoms with Gasteiger partial charge in [0.15, 0.2) is 5.88 Å². The van der Waals surface area contributed by atoms with Crippen LogP contribution in [0.25, 0.3) is 0 Å². The topological polar surface area (TPSA) is 109 Å². The molecule has 0 aliphatic heterocycles. The van der Waals surface area contributed by atoms with Crippen LogP contribution in [0.15, 0.2) is 48.9 Å². The van der Waals surface area contributed by atoms with E-state index in [1.54, 1.807) is 5.57 Å². The molecule has 57 heavy (non-hydrogen) atoms. The number of hydrogen-bond donors (Lipinski definition) is 4. The molecule has 0 aromatic heterocycles. The van der Waals surface area contributed by atoms with E-state index in [9.17, 15) is 9.59 Å². The molecule has 0 radical (unpaired) electrons. The molecule has 0 heterocycles. The summed E-state index contributed by atoms with van der Waals surface area (Å²) in [6.07, 6.45) is 23.5. The van der Waals surface area contributed by atoms with Gasteiger partial charge in [-0.1, -0.05) is 78.7 Å². The molecule has 4 saturated carbocycles. The highest BCUT2D eigenvalue weighted by molar-refractivity contribution is 5.76. The SMILES string of the molecule is C=CC1(C)/C(=C\CC)CCC2C1CCC1(C)C2CC2CC(CCC)CC21C(=C)COC(=C)NCCC(C)(C)CC(=O)NCCCCCOCCCCCNC(=O)O. The lowest BCUT2D eigenvalue weighted by molar-refractivity contribution is -0.123. The van der Waals surface area contributed by atoms with Gasteiger partial charge in [-0.15, -0.1) is 6.58 Å². The summed E-state index contributed by atoms with van der Waals surface area (Å²) in [5.74, 6) is 4.34. The lowest BCUT2D eigenvalue weighted by atomic mass is 9.45. The van der Waals surface area contributed by atoms with E-state index in [1.165, 1.54) is 63.4 Å². The number of amides is 2. The molecule has 0 spiro atoms. The lowest BCUT2D eigenvalue weighted by Crippen LogP contribution is -2.52. The van der Waals surface area contributed by atoms with Gasteiger partial charge in [-0.2, -0.15) is 0 Å². The number of carboxylic acid groups (broad SMARTS) is 1. The van der Waals surface area contributed by atoms with E-state index in [1.807, 2.05) is 0 Å². The van der Waals surface area contributed by atoms with Crippen LogP contribution in [0.4, 0.5) is 4.79 Å². The molecule has 8 nitrogen and oxygen atoms in total. The summed E-state index contributed by atoms with van der Waals surface area (Å²) in [4.78, 5) is 23.2. The molecule has 0 aromatic carbocycles. The molecule has 0 aromatic rings. The Hall–Kier alpha value is -2.74. The van der Waals surface area contributed by atoms with Crippen LogP contribution in [0.3, 0.4) is 0 Å². The first-order valence-electron chi connectivity index (χ1n) is 23.1. The molecule has 4 rings (SSSR count). The number of carbonyl (C=O) groups is 2. The maximum Gasteiger partial charge on any atom is 0.404 e. The molecule has 4 aliphatic rings. The van der Waals surface area contributed by atoms with Gasteiger partial charge >= 0.3 is 6.09 Å². The largest absolute Gasteiger partial charge is 0.475 e. The Kier molecular flexibility index (Phi) is 17.7. The average molecular weight is 794 g/mol. The van der Waals surface area contributed by atoms with Crippen LogP contribution in [-0.2, 0) is 14.3 Å². The number of hydrogen-bond acceptors (Lipinski definition) is 5. The molecular formula is C49H83N3O5. The van der Waals surface area contributed by atoms with E-state index in [4.69, 9.17) is 21.2 Å². The number of unbranched alkanes of at least 4 members (excludes halogenated alkanes) is 4. The normalized spacial score (nSPS) is 31.2. The van der Waals surface area contributed by atoms with Gasteiger partial charge in [-0.25, -0.2) is 4.79 Å². The molecule has 8 heteroatoms. The van der Waals surface area contributed by atoms with Crippen molar-refractivity contribution >= 4 is 12.0 Å². The van der Waals surface area contributed by atoms with E-state index < -0.39 is 6.09 Å². The van der Waals surface area contributed by atoms with Crippen molar-refractivity contribution in [3.8, 4) is 0 Å². The summed E-state index contributed by atoms with van der Waals surface area (Å²) in [5.41, 5.74) is 3.27. The van der Waals surface area contributed by atoms with Crippen molar-refractivity contribution in [2.45, 2.75) is 157 Å². The molecule has 324 valence electrons. The van der Waals surface area contributed by atoms with Gasteiger partial charge in [-0.3, -0.25) is 4.79 Å². The predicted octanol–water partition coefficient (Wildman–Crippen LogP) is 11.4. The predicted molar refractivity (Wildman–Crippen MR) is 235 cm³/mol. The second kappa shape index (κ2) is 21.5. The molecular weight excluding hydrogens is 711 g/mol. The number of rotatable bonds is 26. The smallest absolute Gasteiger partial charge is 0.404 e. The van der Waals surface area contributed by atoms with Gasteiger partial charge < -0.3 is 30.5 Å². The number of nitrogens with one attached hydrogen (secondary N) is 3. The quantitative estimate of drug-likeness (QED) is 0.0394. The molecule has 0 bridgehead atoms. The maximum absolute atomic E-state index is 12.8. The Morgan fingerprint density at radius 3 is 2.28 bits per heavy atom. The van der Waals surface area contributed by atoms with Gasteiger partial charge in [0.05, 0.1) is 0 Å². The van der Waals surface area contributed by atoms with E-state index in [-0.39, 0.29) is 27.6 Å². The highest BCUT2D eigenvalue weighted by Crippen LogP contribution is 2.77. The maximum atomic E-state index is 12.8. The van der Waals surface area contributed by atoms with Gasteiger partial charge in [0.2, 0.25) is 5.91 Å². The monoisotopic (exact) mass is 794 g/mol. The van der Waals surface area contributed by atoms with Crippen LogP contribution in [0.5, 0.6) is 0 Å². The molecule has 4 N–H and O–H groups in total. The summed E-state index contributed by atoms with van der Waals surface area (Å²) in [5, 5.41) is 17.5. The average Bonchev–Trinajstić information content (AvgIpc) is 3.65. The van der Waals surface area contributed by atoms with E-state index in [0.29, 0.717) is 57.0 Å². The van der Waals surface area contributed by atoms with E-state index >= 15 is 0 Å². The van der Waals surface area contributed by atoms with Crippen LogP contribution in [0.2, 0.25) is 0 Å². The summed E-state index contributed by atoms with van der Waals surface area (Å²) in [7, 11) is 0. The van der Waals surface area contributed by atoms with Crippen LogP contribution < -0.4 is 16.0 Å². The number of allylic oxidation sites excluding steroid dienone is 3. The zero-order valence-corrected chi connectivity index (χ0v) is 37.2. The van der Waals surface area contributed by atoms with Crippen molar-refractivity contribution in [2.75, 3.05) is 39.5 Å². The standard InChI is InChI=1S/C49H83N3O5/c1-10-19-38-31-40-32-43-41-22-21-39(20-11-2)47(8,12-3)42(41)23-24-48(43,9)49(40,33-38)36(4)35-57-37(5)50-28-25-46(6,7)34-44(53)51-26-15-13-17-29-56-30-18-14-16-27-52-45(54)55/h12,20,38,40-43,50,52H,3-5,10-11,13-19,21-35H2,1-2,6-9H3,(H,51,53)(H,54,55)/b39-20-. The van der Waals surface area contributed by atoms with Crippen LogP contribution >= 0.6 is 0 Å². The molecule has 4 fully saturated rings. The van der Waals surface area contributed by atoms with Crippen molar-refractivity contribution in [1.29, 1.82) is 0 Å². The Labute approximate surface area is 347 Å². The third kappa shape index (κ3) is 11.5. The van der Waals surface area contributed by atoms with Crippen molar-refractivity contribution in [3.05, 3.63) is 48.9 Å². The summed E-state index contributed by atoms with van der Waals surface area (Å²) in [6, 6.07) is 0. The van der Waals surface area contributed by atoms with Crippen molar-refractivity contribution < 1.29 is 24.2 Å². The number of ether oxygens (including phenoxy) is 2. The number of carbonyl (C=O) groups excluding carboxylic acids is 1. The van der Waals surface area contributed by atoms with Gasteiger partial charge in [0, 0.05) is 50.1 Å². The minimum Gasteiger partial charge on any atom is -0.475 e. The molecule has 8 unspecified atom stereocenters. The van der Waals surface area contributed by atoms with Crippen LogP contribution in [0, 0.1) is 51.2 Å². The lowest BCUT2D eigenvalue weighted by Gasteiger charge is -2.59. The second-order valence-corrected chi connectivity index (χ2v) is 19.6. The molecule has 8 atom stereocenters. The molecule has 2 amide bonds. The van der Waals surface area contributed by atoms with Crippen molar-refractivity contribution in [2.24, 2.45) is 51.2 Å². The Balaban J connectivity index is 1.19. The molecule has 4 aliphatic carbocycles. The first kappa shape index (κ1) is 46.9. The first-order valence-corrected chi connectivity index (χ1v) is 23.1. The van der Waals surface area contributed by atoms with Gasteiger partial charge in [-0.05, 0) is 149 Å². The third-order valence-corrected chi connectivity index (χ3v) is 15.4. The van der Waals surface area contributed by atoms with E-state index in [0.717, 1.165) is 75.7 Å². The fourth-order valence-corrected chi connectivity index (χ4v) is 12.5.